The van der Waals surface area contributed by atoms with Crippen molar-refractivity contribution < 1.29 is 9.50 Å². The molecule has 92 valence electrons. The summed E-state index contributed by atoms with van der Waals surface area (Å²) in [6.07, 6.45) is -0.572. The molecule has 0 aliphatic rings. The maximum Gasteiger partial charge on any atom is 0.147 e. The van der Waals surface area contributed by atoms with E-state index in [0.717, 1.165) is 0 Å². The van der Waals surface area contributed by atoms with E-state index in [1.165, 1.54) is 18.2 Å². The van der Waals surface area contributed by atoms with Crippen LogP contribution in [0.2, 0.25) is 0 Å². The van der Waals surface area contributed by atoms with E-state index in [0.29, 0.717) is 5.69 Å². The predicted octanol–water partition coefficient (Wildman–Crippen LogP) is 2.52. The van der Waals surface area contributed by atoms with Crippen LogP contribution in [-0.2, 0) is 0 Å². The van der Waals surface area contributed by atoms with E-state index in [1.54, 1.807) is 0 Å². The minimum Gasteiger partial charge on any atom is -0.391 e. The molecular formula is C13H17FN2O. The summed E-state index contributed by atoms with van der Waals surface area (Å²) in [5.74, 6) is -0.481. The number of nitrogens with one attached hydrogen (secondary N) is 1. The Bertz CT molecular complexity index is 432. The normalized spacial score (nSPS) is 12.9. The summed E-state index contributed by atoms with van der Waals surface area (Å²) in [5, 5.41) is 21.2. The zero-order valence-corrected chi connectivity index (χ0v) is 10.3. The molecule has 0 aromatic heterocycles. The predicted molar refractivity (Wildman–Crippen MR) is 65.1 cm³/mol. The standard InChI is InChI=1S/C13H17FN2O/c1-13(2,3)12(17)8-16-11-5-4-9(7-15)6-10(11)14/h4-6,12,16-17H,8H2,1-3H3/t12-/m1/s1. The maximum atomic E-state index is 13.5. The minimum atomic E-state index is -0.572. The number of hydrogen-bond donors (Lipinski definition) is 2. The first-order valence-corrected chi connectivity index (χ1v) is 5.46. The number of halogens is 1. The molecular weight excluding hydrogens is 219 g/mol. The molecule has 17 heavy (non-hydrogen) atoms. The molecule has 0 fully saturated rings. The molecule has 0 heterocycles. The third-order valence-electron chi connectivity index (χ3n) is 2.58. The van der Waals surface area contributed by atoms with Crippen LogP contribution in [0.5, 0.6) is 0 Å². The first kappa shape index (κ1) is 13.5. The molecule has 0 aliphatic carbocycles. The van der Waals surface area contributed by atoms with Crippen LogP contribution in [0.25, 0.3) is 0 Å². The fourth-order valence-corrected chi connectivity index (χ4v) is 1.24. The third-order valence-corrected chi connectivity index (χ3v) is 2.58. The lowest BCUT2D eigenvalue weighted by molar-refractivity contribution is 0.0745. The number of aliphatic hydroxyl groups is 1. The quantitative estimate of drug-likeness (QED) is 0.847. The molecule has 2 N–H and O–H groups in total. The van der Waals surface area contributed by atoms with Crippen LogP contribution >= 0.6 is 0 Å². The highest BCUT2D eigenvalue weighted by atomic mass is 19.1. The van der Waals surface area contributed by atoms with Gasteiger partial charge in [-0.2, -0.15) is 5.26 Å². The highest BCUT2D eigenvalue weighted by Gasteiger charge is 2.21. The van der Waals surface area contributed by atoms with E-state index < -0.39 is 11.9 Å². The summed E-state index contributed by atoms with van der Waals surface area (Å²) in [6.45, 7) is 6.00. The number of rotatable bonds is 3. The Morgan fingerprint density at radius 1 is 1.47 bits per heavy atom. The summed E-state index contributed by atoms with van der Waals surface area (Å²) < 4.78 is 13.5. The van der Waals surface area contributed by atoms with Crippen molar-refractivity contribution in [2.24, 2.45) is 5.41 Å². The number of nitrogens with zero attached hydrogens (tertiary/aromatic N) is 1. The highest BCUT2D eigenvalue weighted by molar-refractivity contribution is 5.48. The minimum absolute atomic E-state index is 0.254. The fourth-order valence-electron chi connectivity index (χ4n) is 1.24. The zero-order chi connectivity index (χ0) is 13.1. The van der Waals surface area contributed by atoms with E-state index in [2.05, 4.69) is 5.32 Å². The second-order valence-corrected chi connectivity index (χ2v) is 5.07. The first-order valence-electron chi connectivity index (χ1n) is 5.46. The molecule has 0 radical (unpaired) electrons. The Morgan fingerprint density at radius 2 is 2.12 bits per heavy atom. The average molecular weight is 236 g/mol. The zero-order valence-electron chi connectivity index (χ0n) is 10.3. The lowest BCUT2D eigenvalue weighted by Crippen LogP contribution is -2.33. The van der Waals surface area contributed by atoms with Gasteiger partial charge in [0, 0.05) is 6.54 Å². The van der Waals surface area contributed by atoms with Crippen molar-refractivity contribution in [3.8, 4) is 6.07 Å². The van der Waals surface area contributed by atoms with Gasteiger partial charge in [0.05, 0.1) is 23.4 Å². The van der Waals surface area contributed by atoms with Crippen molar-refractivity contribution in [2.45, 2.75) is 26.9 Å². The lowest BCUT2D eigenvalue weighted by Gasteiger charge is -2.26. The van der Waals surface area contributed by atoms with E-state index in [1.807, 2.05) is 26.8 Å². The van der Waals surface area contributed by atoms with Crippen molar-refractivity contribution in [1.29, 1.82) is 5.26 Å². The van der Waals surface area contributed by atoms with E-state index >= 15 is 0 Å². The van der Waals surface area contributed by atoms with Gasteiger partial charge in [-0.3, -0.25) is 0 Å². The Morgan fingerprint density at radius 3 is 2.59 bits per heavy atom. The second kappa shape index (κ2) is 5.15. The molecule has 3 nitrogen and oxygen atoms in total. The van der Waals surface area contributed by atoms with E-state index in [9.17, 15) is 9.50 Å². The number of hydrogen-bond acceptors (Lipinski definition) is 3. The number of aliphatic hydroxyl groups excluding tert-OH is 1. The Kier molecular flexibility index (Phi) is 4.08. The van der Waals surface area contributed by atoms with Gasteiger partial charge in [0.25, 0.3) is 0 Å². The molecule has 1 atom stereocenters. The van der Waals surface area contributed by atoms with Gasteiger partial charge in [0.2, 0.25) is 0 Å². The largest absolute Gasteiger partial charge is 0.391 e. The van der Waals surface area contributed by atoms with Crippen molar-refractivity contribution in [3.05, 3.63) is 29.6 Å². The van der Waals surface area contributed by atoms with Crippen LogP contribution in [0.3, 0.4) is 0 Å². The van der Waals surface area contributed by atoms with Gasteiger partial charge in [-0.05, 0) is 23.6 Å². The summed E-state index contributed by atoms with van der Waals surface area (Å²) in [4.78, 5) is 0. The fraction of sp³-hybridized carbons (Fsp3) is 0.462. The topological polar surface area (TPSA) is 56.0 Å². The van der Waals surface area contributed by atoms with Crippen LogP contribution in [0.4, 0.5) is 10.1 Å². The molecule has 0 saturated carbocycles. The van der Waals surface area contributed by atoms with Gasteiger partial charge in [-0.1, -0.05) is 20.8 Å². The average Bonchev–Trinajstić information content (AvgIpc) is 2.25. The van der Waals surface area contributed by atoms with Gasteiger partial charge >= 0.3 is 0 Å². The van der Waals surface area contributed by atoms with Crippen molar-refractivity contribution in [3.63, 3.8) is 0 Å². The number of anilines is 1. The van der Waals surface area contributed by atoms with Crippen LogP contribution in [0.15, 0.2) is 18.2 Å². The summed E-state index contributed by atoms with van der Waals surface area (Å²) in [5.41, 5.74) is 0.326. The van der Waals surface area contributed by atoms with Gasteiger partial charge in [0.1, 0.15) is 5.82 Å². The molecule has 0 amide bonds. The van der Waals surface area contributed by atoms with Crippen LogP contribution < -0.4 is 5.32 Å². The molecule has 0 bridgehead atoms. The van der Waals surface area contributed by atoms with E-state index in [4.69, 9.17) is 5.26 Å². The Hall–Kier alpha value is -1.60. The smallest absolute Gasteiger partial charge is 0.147 e. The lowest BCUT2D eigenvalue weighted by atomic mass is 9.89. The van der Waals surface area contributed by atoms with Gasteiger partial charge < -0.3 is 10.4 Å². The monoisotopic (exact) mass is 236 g/mol. The third kappa shape index (κ3) is 3.72. The summed E-state index contributed by atoms with van der Waals surface area (Å²) in [7, 11) is 0. The van der Waals surface area contributed by atoms with Gasteiger partial charge in [0.15, 0.2) is 0 Å². The number of nitriles is 1. The van der Waals surface area contributed by atoms with E-state index in [-0.39, 0.29) is 17.5 Å². The molecule has 4 heteroatoms. The van der Waals surface area contributed by atoms with Crippen LogP contribution in [0.1, 0.15) is 26.3 Å². The molecule has 0 aliphatic heterocycles. The molecule has 0 spiro atoms. The van der Waals surface area contributed by atoms with Crippen molar-refractivity contribution in [1.82, 2.24) is 0 Å². The van der Waals surface area contributed by atoms with Gasteiger partial charge in [-0.15, -0.1) is 0 Å². The second-order valence-electron chi connectivity index (χ2n) is 5.07. The maximum absolute atomic E-state index is 13.5. The Balaban J connectivity index is 2.68. The summed E-state index contributed by atoms with van der Waals surface area (Å²) >= 11 is 0. The number of benzene rings is 1. The Labute approximate surface area is 101 Å². The molecule has 0 saturated heterocycles. The first-order chi connectivity index (χ1) is 7.84. The molecule has 0 unspecified atom stereocenters. The molecule has 1 rings (SSSR count). The van der Waals surface area contributed by atoms with Crippen molar-refractivity contribution in [2.75, 3.05) is 11.9 Å². The SMILES string of the molecule is CC(C)(C)[C@H](O)CNc1ccc(C#N)cc1F. The van der Waals surface area contributed by atoms with Gasteiger partial charge in [-0.25, -0.2) is 4.39 Å². The van der Waals surface area contributed by atoms with Crippen LogP contribution in [-0.4, -0.2) is 17.8 Å². The highest BCUT2D eigenvalue weighted by Crippen LogP contribution is 2.21. The van der Waals surface area contributed by atoms with Crippen molar-refractivity contribution >= 4 is 5.69 Å². The van der Waals surface area contributed by atoms with Crippen LogP contribution in [0, 0.1) is 22.6 Å². The molecule has 1 aromatic carbocycles. The summed E-state index contributed by atoms with van der Waals surface area (Å²) in [6, 6.07) is 6.08. The molecule has 1 aromatic rings.